The zero-order valence-electron chi connectivity index (χ0n) is 16.6. The van der Waals surface area contributed by atoms with Crippen LogP contribution in [0, 0.1) is 0 Å². The Bertz CT molecular complexity index is 1130. The molecule has 0 aliphatic carbocycles. The smallest absolute Gasteiger partial charge is 0.243 e. The first kappa shape index (κ1) is 21.7. The number of anilines is 2. The predicted molar refractivity (Wildman–Crippen MR) is 120 cm³/mol. The van der Waals surface area contributed by atoms with Crippen molar-refractivity contribution in [2.45, 2.75) is 14.7 Å². The van der Waals surface area contributed by atoms with Gasteiger partial charge in [0.1, 0.15) is 5.75 Å². The zero-order valence-corrected chi connectivity index (χ0v) is 18.2. The van der Waals surface area contributed by atoms with Crippen LogP contribution in [0.15, 0.2) is 87.5 Å². The summed E-state index contributed by atoms with van der Waals surface area (Å²) in [7, 11) is -2.03. The van der Waals surface area contributed by atoms with E-state index in [0.29, 0.717) is 17.1 Å². The van der Waals surface area contributed by atoms with Crippen molar-refractivity contribution in [2.75, 3.05) is 30.5 Å². The molecule has 0 aliphatic rings. The van der Waals surface area contributed by atoms with E-state index in [-0.39, 0.29) is 17.3 Å². The Morgan fingerprint density at radius 3 is 2.37 bits per heavy atom. The molecule has 1 amide bonds. The molecule has 30 heavy (non-hydrogen) atoms. The van der Waals surface area contributed by atoms with E-state index in [4.69, 9.17) is 4.74 Å². The van der Waals surface area contributed by atoms with Gasteiger partial charge in [0.05, 0.1) is 29.9 Å². The maximum absolute atomic E-state index is 12.5. The highest BCUT2D eigenvalue weighted by Gasteiger charge is 2.16. The molecule has 3 aromatic rings. The second-order valence-electron chi connectivity index (χ2n) is 6.45. The van der Waals surface area contributed by atoms with Gasteiger partial charge in [-0.1, -0.05) is 42.1 Å². The second-order valence-corrected chi connectivity index (χ2v) is 9.55. The van der Waals surface area contributed by atoms with Crippen LogP contribution < -0.4 is 15.4 Å². The fourth-order valence-electron chi connectivity index (χ4n) is 2.73. The summed E-state index contributed by atoms with van der Waals surface area (Å²) in [5.74, 6) is 0.142. The van der Waals surface area contributed by atoms with Gasteiger partial charge in [-0.05, 0) is 36.4 Å². The molecule has 0 fully saturated rings. The molecule has 0 heterocycles. The molecule has 0 spiro atoms. The first-order chi connectivity index (χ1) is 14.4. The summed E-state index contributed by atoms with van der Waals surface area (Å²) in [4.78, 5) is 14.6. The van der Waals surface area contributed by atoms with Crippen LogP contribution in [-0.2, 0) is 14.6 Å². The van der Waals surface area contributed by atoms with Crippen LogP contribution in [0.3, 0.4) is 0 Å². The van der Waals surface area contributed by atoms with Crippen LogP contribution >= 0.6 is 11.8 Å². The van der Waals surface area contributed by atoms with Crippen molar-refractivity contribution in [2.24, 2.45) is 0 Å². The van der Waals surface area contributed by atoms with Gasteiger partial charge in [-0.15, -0.1) is 0 Å². The summed E-state index contributed by atoms with van der Waals surface area (Å²) in [6.45, 7) is -0.0841. The lowest BCUT2D eigenvalue weighted by Gasteiger charge is -2.14. The lowest BCUT2D eigenvalue weighted by molar-refractivity contribution is -0.114. The number of hydrogen-bond acceptors (Lipinski definition) is 6. The molecule has 156 valence electrons. The molecule has 0 unspecified atom stereocenters. The van der Waals surface area contributed by atoms with Crippen LogP contribution in [-0.4, -0.2) is 34.2 Å². The fraction of sp³-hybridized carbons (Fsp3) is 0.136. The highest BCUT2D eigenvalue weighted by molar-refractivity contribution is 7.99. The van der Waals surface area contributed by atoms with E-state index in [9.17, 15) is 13.2 Å². The number of amides is 1. The SMILES string of the molecule is COc1ccc(NCC(=O)Nc2ccccc2Sc2ccccc2)c(S(C)(=O)=O)c1. The maximum atomic E-state index is 12.5. The highest BCUT2D eigenvalue weighted by Crippen LogP contribution is 2.33. The number of carbonyl (C=O) groups excluding carboxylic acids is 1. The van der Waals surface area contributed by atoms with Gasteiger partial charge in [-0.25, -0.2) is 8.42 Å². The third kappa shape index (κ3) is 5.77. The number of carbonyl (C=O) groups is 1. The van der Waals surface area contributed by atoms with E-state index >= 15 is 0 Å². The maximum Gasteiger partial charge on any atom is 0.243 e. The quantitative estimate of drug-likeness (QED) is 0.541. The molecule has 0 saturated heterocycles. The van der Waals surface area contributed by atoms with E-state index in [1.54, 1.807) is 23.9 Å². The van der Waals surface area contributed by atoms with Gasteiger partial charge < -0.3 is 15.4 Å². The molecule has 0 radical (unpaired) electrons. The number of methoxy groups -OCH3 is 1. The van der Waals surface area contributed by atoms with Gasteiger partial charge in [0.25, 0.3) is 0 Å². The Morgan fingerprint density at radius 1 is 0.967 bits per heavy atom. The Balaban J connectivity index is 1.71. The lowest BCUT2D eigenvalue weighted by atomic mass is 10.3. The molecule has 8 heteroatoms. The highest BCUT2D eigenvalue weighted by atomic mass is 32.2. The van der Waals surface area contributed by atoms with E-state index in [0.717, 1.165) is 16.0 Å². The molecule has 0 atom stereocenters. The average Bonchev–Trinajstić information content (AvgIpc) is 2.73. The summed E-state index contributed by atoms with van der Waals surface area (Å²) >= 11 is 1.55. The Hall–Kier alpha value is -2.97. The third-order valence-corrected chi connectivity index (χ3v) is 6.38. The van der Waals surface area contributed by atoms with E-state index < -0.39 is 9.84 Å². The van der Waals surface area contributed by atoms with Crippen molar-refractivity contribution in [3.63, 3.8) is 0 Å². The zero-order chi connectivity index (χ0) is 21.6. The molecular formula is C22H22N2O4S2. The number of hydrogen-bond donors (Lipinski definition) is 2. The van der Waals surface area contributed by atoms with Crippen LogP contribution in [0.25, 0.3) is 0 Å². The second kappa shape index (κ2) is 9.69. The van der Waals surface area contributed by atoms with Crippen molar-refractivity contribution in [3.8, 4) is 5.75 Å². The molecule has 6 nitrogen and oxygen atoms in total. The van der Waals surface area contributed by atoms with Crippen LogP contribution in [0.1, 0.15) is 0 Å². The molecule has 0 saturated carbocycles. The number of ether oxygens (including phenoxy) is 1. The van der Waals surface area contributed by atoms with Gasteiger partial charge in [0.2, 0.25) is 5.91 Å². The summed E-state index contributed by atoms with van der Waals surface area (Å²) in [6, 6.07) is 22.1. The lowest BCUT2D eigenvalue weighted by Crippen LogP contribution is -2.22. The van der Waals surface area contributed by atoms with Gasteiger partial charge >= 0.3 is 0 Å². The predicted octanol–water partition coefficient (Wildman–Crippen LogP) is 4.30. The number of rotatable bonds is 8. The minimum Gasteiger partial charge on any atom is -0.497 e. The topological polar surface area (TPSA) is 84.5 Å². The molecule has 2 N–H and O–H groups in total. The molecule has 3 rings (SSSR count). The number of sulfone groups is 1. The van der Waals surface area contributed by atoms with Crippen LogP contribution in [0.2, 0.25) is 0 Å². The summed E-state index contributed by atoms with van der Waals surface area (Å²) in [6.07, 6.45) is 1.12. The van der Waals surface area contributed by atoms with Crippen molar-refractivity contribution < 1.29 is 17.9 Å². The van der Waals surface area contributed by atoms with Gasteiger partial charge in [0, 0.05) is 22.1 Å². The average molecular weight is 443 g/mol. The van der Waals surface area contributed by atoms with E-state index in [1.165, 1.54) is 13.2 Å². The Labute approximate surface area is 180 Å². The normalized spacial score (nSPS) is 11.0. The molecule has 3 aromatic carbocycles. The Kier molecular flexibility index (Phi) is 7.02. The number of para-hydroxylation sites is 1. The standard InChI is InChI=1S/C22H22N2O4S2/c1-28-16-12-13-19(21(14-16)30(2,26)27)23-15-22(25)24-18-10-6-7-11-20(18)29-17-8-4-3-5-9-17/h3-14,23H,15H2,1-2H3,(H,24,25). The minimum absolute atomic E-state index is 0.0784. The first-order valence-electron chi connectivity index (χ1n) is 9.10. The fourth-order valence-corrected chi connectivity index (χ4v) is 4.52. The summed E-state index contributed by atoms with van der Waals surface area (Å²) < 4.78 is 29.3. The number of benzene rings is 3. The first-order valence-corrected chi connectivity index (χ1v) is 11.8. The van der Waals surface area contributed by atoms with E-state index in [2.05, 4.69) is 10.6 Å². The summed E-state index contributed by atoms with van der Waals surface area (Å²) in [5, 5.41) is 5.79. The van der Waals surface area contributed by atoms with Crippen molar-refractivity contribution >= 4 is 38.9 Å². The van der Waals surface area contributed by atoms with Crippen molar-refractivity contribution in [3.05, 3.63) is 72.8 Å². The molecule has 0 aliphatic heterocycles. The van der Waals surface area contributed by atoms with Crippen molar-refractivity contribution in [1.82, 2.24) is 0 Å². The largest absolute Gasteiger partial charge is 0.497 e. The van der Waals surface area contributed by atoms with Gasteiger partial charge in [-0.3, -0.25) is 4.79 Å². The third-order valence-electron chi connectivity index (χ3n) is 4.16. The van der Waals surface area contributed by atoms with Gasteiger partial charge in [0.15, 0.2) is 9.84 Å². The van der Waals surface area contributed by atoms with Crippen molar-refractivity contribution in [1.29, 1.82) is 0 Å². The van der Waals surface area contributed by atoms with Crippen LogP contribution in [0.5, 0.6) is 5.75 Å². The monoisotopic (exact) mass is 442 g/mol. The molecule has 0 aromatic heterocycles. The molecular weight excluding hydrogens is 420 g/mol. The molecule has 0 bridgehead atoms. The summed E-state index contributed by atoms with van der Waals surface area (Å²) in [5.41, 5.74) is 1.04. The van der Waals surface area contributed by atoms with Crippen LogP contribution in [0.4, 0.5) is 11.4 Å². The Morgan fingerprint density at radius 2 is 1.67 bits per heavy atom. The number of nitrogens with one attached hydrogen (secondary N) is 2. The van der Waals surface area contributed by atoms with Gasteiger partial charge in [-0.2, -0.15) is 0 Å². The van der Waals surface area contributed by atoms with E-state index in [1.807, 2.05) is 54.6 Å². The minimum atomic E-state index is -3.49.